The number of fused-ring (bicyclic) bond motifs is 1. The van der Waals surface area contributed by atoms with Crippen LogP contribution in [0.3, 0.4) is 0 Å². The summed E-state index contributed by atoms with van der Waals surface area (Å²) in [6, 6.07) is 27.3. The van der Waals surface area contributed by atoms with Crippen LogP contribution in [0.25, 0.3) is 11.1 Å². The smallest absolute Gasteiger partial charge is 0.321 e. The standard InChI is InChI=1S/C37H36N2O5/c1-24-28(12-6-13-30(24)27-10-3-2-4-11-27)23-44-35-18-36(43-22-26-9-5-8-25(16-26)19-38)33(31-14-7-15-32(31)35)21-39-20-29(40)17-34(39)37(41)42/h2-6,8-13,16,18,29,34,40H,7,14-15,17,20-23H2,1H3,(H,41,42)/t29-,34+/m1/s1. The van der Waals surface area contributed by atoms with Crippen LogP contribution in [-0.4, -0.2) is 39.8 Å². The van der Waals surface area contributed by atoms with Gasteiger partial charge < -0.3 is 19.7 Å². The van der Waals surface area contributed by atoms with Gasteiger partial charge in [0.25, 0.3) is 0 Å². The minimum Gasteiger partial charge on any atom is -0.488 e. The number of ether oxygens (including phenoxy) is 2. The van der Waals surface area contributed by atoms with E-state index in [1.54, 1.807) is 6.07 Å². The Morgan fingerprint density at radius 2 is 1.73 bits per heavy atom. The second-order valence-electron chi connectivity index (χ2n) is 11.7. The Morgan fingerprint density at radius 3 is 2.52 bits per heavy atom. The van der Waals surface area contributed by atoms with E-state index in [1.807, 2.05) is 47.4 Å². The van der Waals surface area contributed by atoms with Crippen LogP contribution in [0.5, 0.6) is 11.5 Å². The van der Waals surface area contributed by atoms with Crippen molar-refractivity contribution in [3.63, 3.8) is 0 Å². The molecule has 6 rings (SSSR count). The molecular weight excluding hydrogens is 552 g/mol. The number of carbonyl (C=O) groups is 1. The number of carboxylic acids is 1. The van der Waals surface area contributed by atoms with Crippen LogP contribution >= 0.6 is 0 Å². The molecule has 0 amide bonds. The molecule has 2 atom stereocenters. The monoisotopic (exact) mass is 588 g/mol. The lowest BCUT2D eigenvalue weighted by Gasteiger charge is -2.25. The number of benzene rings is 4. The second kappa shape index (κ2) is 12.9. The van der Waals surface area contributed by atoms with Crippen molar-refractivity contribution in [1.82, 2.24) is 4.90 Å². The van der Waals surface area contributed by atoms with E-state index in [0.717, 1.165) is 52.8 Å². The van der Waals surface area contributed by atoms with Crippen molar-refractivity contribution in [2.45, 2.75) is 64.5 Å². The zero-order chi connectivity index (χ0) is 30.6. The van der Waals surface area contributed by atoms with Crippen molar-refractivity contribution in [2.75, 3.05) is 6.54 Å². The number of nitriles is 1. The number of rotatable bonds is 10. The summed E-state index contributed by atoms with van der Waals surface area (Å²) in [7, 11) is 0. The molecule has 0 unspecified atom stereocenters. The van der Waals surface area contributed by atoms with Gasteiger partial charge in [0.1, 0.15) is 30.8 Å². The van der Waals surface area contributed by atoms with Crippen molar-refractivity contribution in [2.24, 2.45) is 0 Å². The molecule has 0 radical (unpaired) electrons. The molecule has 2 aliphatic rings. The minimum atomic E-state index is -0.929. The van der Waals surface area contributed by atoms with Gasteiger partial charge in [-0.3, -0.25) is 9.69 Å². The van der Waals surface area contributed by atoms with Crippen LogP contribution in [0, 0.1) is 18.3 Å². The molecule has 1 fully saturated rings. The highest BCUT2D eigenvalue weighted by Gasteiger charge is 2.37. The average molecular weight is 589 g/mol. The number of hydrogen-bond donors (Lipinski definition) is 2. The third-order valence-electron chi connectivity index (χ3n) is 8.83. The zero-order valence-corrected chi connectivity index (χ0v) is 24.8. The highest BCUT2D eigenvalue weighted by Crippen LogP contribution is 2.41. The van der Waals surface area contributed by atoms with Gasteiger partial charge in [0.2, 0.25) is 0 Å². The Kier molecular flexibility index (Phi) is 8.65. The quantitative estimate of drug-likeness (QED) is 0.227. The van der Waals surface area contributed by atoms with Gasteiger partial charge in [-0.2, -0.15) is 5.26 Å². The van der Waals surface area contributed by atoms with E-state index in [0.29, 0.717) is 31.0 Å². The van der Waals surface area contributed by atoms with Crippen LogP contribution in [-0.2, 0) is 37.4 Å². The maximum absolute atomic E-state index is 12.0. The molecule has 4 aromatic rings. The number of aliphatic carboxylic acids is 1. The number of nitrogens with zero attached hydrogens (tertiary/aromatic N) is 2. The first-order valence-corrected chi connectivity index (χ1v) is 15.1. The summed E-state index contributed by atoms with van der Waals surface area (Å²) in [5.74, 6) is 0.494. The topological polar surface area (TPSA) is 103 Å². The van der Waals surface area contributed by atoms with Gasteiger partial charge in [0, 0.05) is 31.1 Å². The molecule has 7 heteroatoms. The Balaban J connectivity index is 1.33. The molecular formula is C37H36N2O5. The maximum atomic E-state index is 12.0. The third kappa shape index (κ3) is 6.19. The molecule has 4 aromatic carbocycles. The van der Waals surface area contributed by atoms with Crippen LogP contribution in [0.2, 0.25) is 0 Å². The van der Waals surface area contributed by atoms with Gasteiger partial charge in [-0.1, -0.05) is 60.7 Å². The van der Waals surface area contributed by atoms with Crippen molar-refractivity contribution in [3.8, 4) is 28.7 Å². The van der Waals surface area contributed by atoms with Crippen molar-refractivity contribution >= 4 is 5.97 Å². The zero-order valence-electron chi connectivity index (χ0n) is 24.8. The summed E-state index contributed by atoms with van der Waals surface area (Å²) < 4.78 is 13.0. The summed E-state index contributed by atoms with van der Waals surface area (Å²) in [5, 5.41) is 29.5. The molecule has 0 spiro atoms. The first kappa shape index (κ1) is 29.4. The maximum Gasteiger partial charge on any atom is 0.321 e. The molecule has 1 heterocycles. The summed E-state index contributed by atoms with van der Waals surface area (Å²) in [4.78, 5) is 13.9. The number of carboxylic acid groups (broad SMARTS) is 1. The van der Waals surface area contributed by atoms with Crippen molar-refractivity contribution < 1.29 is 24.5 Å². The van der Waals surface area contributed by atoms with Gasteiger partial charge in [-0.25, -0.2) is 0 Å². The Morgan fingerprint density at radius 1 is 0.955 bits per heavy atom. The van der Waals surface area contributed by atoms with Gasteiger partial charge in [0.15, 0.2) is 0 Å². The van der Waals surface area contributed by atoms with E-state index in [2.05, 4.69) is 43.3 Å². The fourth-order valence-electron chi connectivity index (χ4n) is 6.55. The number of hydrogen-bond acceptors (Lipinski definition) is 6. The van der Waals surface area contributed by atoms with E-state index >= 15 is 0 Å². The summed E-state index contributed by atoms with van der Waals surface area (Å²) in [6.45, 7) is 3.44. The average Bonchev–Trinajstić information content (AvgIpc) is 3.68. The van der Waals surface area contributed by atoms with Crippen molar-refractivity contribution in [1.29, 1.82) is 5.26 Å². The highest BCUT2D eigenvalue weighted by atomic mass is 16.5. The number of β-amino-alcohol motifs (C(OH)–C–C–N with tert-alkyl or cyclic N) is 1. The molecule has 2 N–H and O–H groups in total. The predicted octanol–water partition coefficient (Wildman–Crippen LogP) is 6.20. The summed E-state index contributed by atoms with van der Waals surface area (Å²) in [5.41, 5.74) is 9.28. The molecule has 1 aliphatic carbocycles. The Hall–Kier alpha value is -4.64. The van der Waals surface area contributed by atoms with Crippen LogP contribution in [0.4, 0.5) is 0 Å². The number of likely N-dealkylation sites (tertiary alicyclic amines) is 1. The molecule has 0 saturated carbocycles. The van der Waals surface area contributed by atoms with E-state index in [-0.39, 0.29) is 13.0 Å². The lowest BCUT2D eigenvalue weighted by Crippen LogP contribution is -2.35. The summed E-state index contributed by atoms with van der Waals surface area (Å²) >= 11 is 0. The summed E-state index contributed by atoms with van der Waals surface area (Å²) in [6.07, 6.45) is 2.21. The van der Waals surface area contributed by atoms with Crippen LogP contribution in [0.1, 0.15) is 51.8 Å². The highest BCUT2D eigenvalue weighted by molar-refractivity contribution is 5.74. The first-order chi connectivity index (χ1) is 21.4. The molecule has 0 aromatic heterocycles. The van der Waals surface area contributed by atoms with Gasteiger partial charge in [0.05, 0.1) is 17.7 Å². The minimum absolute atomic E-state index is 0.206. The van der Waals surface area contributed by atoms with Crippen LogP contribution < -0.4 is 9.47 Å². The van der Waals surface area contributed by atoms with Gasteiger partial charge >= 0.3 is 5.97 Å². The van der Waals surface area contributed by atoms with E-state index in [9.17, 15) is 20.3 Å². The fraction of sp³-hybridized carbons (Fsp3) is 0.297. The van der Waals surface area contributed by atoms with Gasteiger partial charge in [-0.05, 0) is 77.3 Å². The van der Waals surface area contributed by atoms with Crippen molar-refractivity contribution in [3.05, 3.63) is 118 Å². The molecule has 1 aliphatic heterocycles. The van der Waals surface area contributed by atoms with Gasteiger partial charge in [-0.15, -0.1) is 0 Å². The van der Waals surface area contributed by atoms with E-state index in [1.165, 1.54) is 16.7 Å². The van der Waals surface area contributed by atoms with Crippen LogP contribution in [0.15, 0.2) is 78.9 Å². The molecule has 7 nitrogen and oxygen atoms in total. The molecule has 224 valence electrons. The Bertz CT molecular complexity index is 1710. The predicted molar refractivity (Wildman–Crippen MR) is 167 cm³/mol. The number of aliphatic hydroxyl groups is 1. The van der Waals surface area contributed by atoms with E-state index < -0.39 is 18.1 Å². The molecule has 1 saturated heterocycles. The fourth-order valence-corrected chi connectivity index (χ4v) is 6.55. The SMILES string of the molecule is Cc1c(COc2cc(OCc3cccc(C#N)c3)c(CN3C[C@H](O)C[C@H]3C(=O)O)c3c2CCC3)cccc1-c1ccccc1. The van der Waals surface area contributed by atoms with E-state index in [4.69, 9.17) is 9.47 Å². The third-order valence-corrected chi connectivity index (χ3v) is 8.83. The lowest BCUT2D eigenvalue weighted by atomic mass is 9.97. The normalized spacial score (nSPS) is 17.7. The molecule has 44 heavy (non-hydrogen) atoms. The lowest BCUT2D eigenvalue weighted by molar-refractivity contribution is -0.142. The number of aliphatic hydroxyl groups excluding tert-OH is 1. The molecule has 0 bridgehead atoms. The first-order valence-electron chi connectivity index (χ1n) is 15.1. The second-order valence-corrected chi connectivity index (χ2v) is 11.7. The Labute approximate surface area is 257 Å². The largest absolute Gasteiger partial charge is 0.488 e.